The minimum Gasteiger partial charge on any atom is -0.494 e. The Kier molecular flexibility index (Phi) is 6.13. The standard InChI is InChI=1S/C15H24FNO/c1-5-11(3)13(17-6-2)10-12-8-7-9-14(18-4)15(12)16/h7-9,11,13,17H,5-6,10H2,1-4H3. The van der Waals surface area contributed by atoms with Crippen molar-refractivity contribution >= 4 is 0 Å². The SMILES string of the molecule is CCNC(Cc1cccc(OC)c1F)C(C)CC. The van der Waals surface area contributed by atoms with Crippen molar-refractivity contribution in [1.29, 1.82) is 0 Å². The van der Waals surface area contributed by atoms with Crippen molar-refractivity contribution in [1.82, 2.24) is 5.32 Å². The molecule has 1 aromatic rings. The van der Waals surface area contributed by atoms with Crippen LogP contribution in [0.1, 0.15) is 32.8 Å². The van der Waals surface area contributed by atoms with E-state index in [1.165, 1.54) is 7.11 Å². The van der Waals surface area contributed by atoms with Gasteiger partial charge in [0.25, 0.3) is 0 Å². The van der Waals surface area contributed by atoms with Crippen LogP contribution in [0.15, 0.2) is 18.2 Å². The lowest BCUT2D eigenvalue weighted by Crippen LogP contribution is -2.36. The number of ether oxygens (including phenoxy) is 1. The highest BCUT2D eigenvalue weighted by Gasteiger charge is 2.18. The Morgan fingerprint density at radius 2 is 2.06 bits per heavy atom. The number of methoxy groups -OCH3 is 1. The van der Waals surface area contributed by atoms with E-state index in [2.05, 4.69) is 26.1 Å². The van der Waals surface area contributed by atoms with E-state index < -0.39 is 0 Å². The van der Waals surface area contributed by atoms with Gasteiger partial charge in [-0.1, -0.05) is 39.3 Å². The summed E-state index contributed by atoms with van der Waals surface area (Å²) in [7, 11) is 1.50. The largest absolute Gasteiger partial charge is 0.494 e. The summed E-state index contributed by atoms with van der Waals surface area (Å²) in [6.07, 6.45) is 1.79. The molecule has 0 fully saturated rings. The van der Waals surface area contributed by atoms with Crippen molar-refractivity contribution in [3.63, 3.8) is 0 Å². The van der Waals surface area contributed by atoms with Gasteiger partial charge >= 0.3 is 0 Å². The topological polar surface area (TPSA) is 21.3 Å². The van der Waals surface area contributed by atoms with Gasteiger partial charge in [0.1, 0.15) is 0 Å². The van der Waals surface area contributed by atoms with Crippen LogP contribution in [-0.2, 0) is 6.42 Å². The van der Waals surface area contributed by atoms with E-state index in [4.69, 9.17) is 4.74 Å². The zero-order chi connectivity index (χ0) is 13.5. The first-order chi connectivity index (χ1) is 8.63. The van der Waals surface area contributed by atoms with Crippen LogP contribution in [0, 0.1) is 11.7 Å². The molecule has 0 aliphatic carbocycles. The molecule has 1 rings (SSSR count). The lowest BCUT2D eigenvalue weighted by Gasteiger charge is -2.24. The highest BCUT2D eigenvalue weighted by molar-refractivity contribution is 5.31. The van der Waals surface area contributed by atoms with Gasteiger partial charge in [-0.25, -0.2) is 4.39 Å². The van der Waals surface area contributed by atoms with E-state index in [0.29, 0.717) is 24.1 Å². The Hall–Kier alpha value is -1.09. The Labute approximate surface area is 110 Å². The van der Waals surface area contributed by atoms with E-state index >= 15 is 0 Å². The van der Waals surface area contributed by atoms with Gasteiger partial charge in [0.05, 0.1) is 7.11 Å². The van der Waals surface area contributed by atoms with Crippen molar-refractivity contribution in [2.45, 2.75) is 39.7 Å². The molecule has 102 valence electrons. The summed E-state index contributed by atoms with van der Waals surface area (Å²) in [5.74, 6) is 0.619. The van der Waals surface area contributed by atoms with Gasteiger partial charge in [0.2, 0.25) is 0 Å². The highest BCUT2D eigenvalue weighted by atomic mass is 19.1. The molecular weight excluding hydrogens is 229 g/mol. The molecule has 0 radical (unpaired) electrons. The molecule has 0 aliphatic heterocycles. The van der Waals surface area contributed by atoms with Crippen molar-refractivity contribution in [2.24, 2.45) is 5.92 Å². The predicted molar refractivity (Wildman–Crippen MR) is 73.6 cm³/mol. The predicted octanol–water partition coefficient (Wildman–Crippen LogP) is 3.40. The summed E-state index contributed by atoms with van der Waals surface area (Å²) in [6.45, 7) is 7.35. The van der Waals surface area contributed by atoms with Gasteiger partial charge < -0.3 is 10.1 Å². The van der Waals surface area contributed by atoms with E-state index in [1.807, 2.05) is 12.1 Å². The molecule has 0 saturated carbocycles. The van der Waals surface area contributed by atoms with Crippen LogP contribution in [0.25, 0.3) is 0 Å². The average Bonchev–Trinajstić information content (AvgIpc) is 2.39. The van der Waals surface area contributed by atoms with Crippen LogP contribution < -0.4 is 10.1 Å². The Morgan fingerprint density at radius 1 is 1.33 bits per heavy atom. The van der Waals surface area contributed by atoms with Crippen molar-refractivity contribution in [3.05, 3.63) is 29.6 Å². The lowest BCUT2D eigenvalue weighted by atomic mass is 9.92. The zero-order valence-electron chi connectivity index (χ0n) is 11.8. The van der Waals surface area contributed by atoms with E-state index in [9.17, 15) is 4.39 Å². The summed E-state index contributed by atoms with van der Waals surface area (Å²) in [5.41, 5.74) is 0.723. The maximum atomic E-state index is 14.1. The summed E-state index contributed by atoms with van der Waals surface area (Å²) < 4.78 is 19.1. The fraction of sp³-hybridized carbons (Fsp3) is 0.600. The van der Waals surface area contributed by atoms with Gasteiger partial charge in [-0.15, -0.1) is 0 Å². The summed E-state index contributed by atoms with van der Waals surface area (Å²) in [5, 5.41) is 3.44. The molecule has 0 heterocycles. The van der Waals surface area contributed by atoms with Crippen LogP contribution in [0.4, 0.5) is 4.39 Å². The molecule has 2 unspecified atom stereocenters. The zero-order valence-corrected chi connectivity index (χ0v) is 11.8. The van der Waals surface area contributed by atoms with Gasteiger partial charge in [0.15, 0.2) is 11.6 Å². The minimum atomic E-state index is -0.230. The molecule has 2 nitrogen and oxygen atoms in total. The average molecular weight is 253 g/mol. The number of halogens is 1. The van der Waals surface area contributed by atoms with Crippen LogP contribution in [0.3, 0.4) is 0 Å². The summed E-state index contributed by atoms with van der Waals surface area (Å²) in [6, 6.07) is 5.65. The molecule has 0 aliphatic rings. The van der Waals surface area contributed by atoms with Crippen molar-refractivity contribution in [3.8, 4) is 5.75 Å². The third kappa shape index (κ3) is 3.70. The molecular formula is C15H24FNO. The van der Waals surface area contributed by atoms with Gasteiger partial charge in [-0.05, 0) is 30.5 Å². The monoisotopic (exact) mass is 253 g/mol. The van der Waals surface area contributed by atoms with Gasteiger partial charge in [-0.2, -0.15) is 0 Å². The number of hydrogen-bond acceptors (Lipinski definition) is 2. The lowest BCUT2D eigenvalue weighted by molar-refractivity contribution is 0.358. The third-order valence-corrected chi connectivity index (χ3v) is 3.50. The number of hydrogen-bond donors (Lipinski definition) is 1. The molecule has 3 heteroatoms. The molecule has 0 amide bonds. The van der Waals surface area contributed by atoms with Crippen molar-refractivity contribution < 1.29 is 9.13 Å². The highest BCUT2D eigenvalue weighted by Crippen LogP contribution is 2.23. The van der Waals surface area contributed by atoms with Crippen molar-refractivity contribution in [2.75, 3.05) is 13.7 Å². The molecule has 1 N–H and O–H groups in total. The first-order valence-electron chi connectivity index (χ1n) is 6.68. The van der Waals surface area contributed by atoms with Crippen LogP contribution in [0.2, 0.25) is 0 Å². The molecule has 0 aromatic heterocycles. The first-order valence-corrected chi connectivity index (χ1v) is 6.68. The molecule has 0 saturated heterocycles. The number of likely N-dealkylation sites (N-methyl/N-ethyl adjacent to an activating group) is 1. The number of benzene rings is 1. The number of nitrogens with one attached hydrogen (secondary N) is 1. The molecule has 18 heavy (non-hydrogen) atoms. The Bertz CT molecular complexity index is 368. The second-order valence-electron chi connectivity index (χ2n) is 4.69. The first kappa shape index (κ1) is 15.0. The van der Waals surface area contributed by atoms with E-state index in [0.717, 1.165) is 18.5 Å². The fourth-order valence-corrected chi connectivity index (χ4v) is 2.13. The van der Waals surface area contributed by atoms with Crippen LogP contribution >= 0.6 is 0 Å². The normalized spacial score (nSPS) is 14.3. The number of rotatable bonds is 7. The maximum absolute atomic E-state index is 14.1. The fourth-order valence-electron chi connectivity index (χ4n) is 2.13. The quantitative estimate of drug-likeness (QED) is 0.804. The Balaban J connectivity index is 2.86. The van der Waals surface area contributed by atoms with E-state index in [1.54, 1.807) is 6.07 Å². The molecule has 0 spiro atoms. The molecule has 2 atom stereocenters. The van der Waals surface area contributed by atoms with Gasteiger partial charge in [-0.3, -0.25) is 0 Å². The molecule has 0 bridgehead atoms. The van der Waals surface area contributed by atoms with Crippen LogP contribution in [-0.4, -0.2) is 19.7 Å². The maximum Gasteiger partial charge on any atom is 0.168 e. The van der Waals surface area contributed by atoms with E-state index in [-0.39, 0.29) is 5.82 Å². The molecule has 1 aromatic carbocycles. The second kappa shape index (κ2) is 7.37. The van der Waals surface area contributed by atoms with Gasteiger partial charge in [0, 0.05) is 6.04 Å². The minimum absolute atomic E-state index is 0.230. The smallest absolute Gasteiger partial charge is 0.168 e. The van der Waals surface area contributed by atoms with Crippen LogP contribution in [0.5, 0.6) is 5.75 Å². The Morgan fingerprint density at radius 3 is 2.61 bits per heavy atom. The third-order valence-electron chi connectivity index (χ3n) is 3.50. The summed E-state index contributed by atoms with van der Waals surface area (Å²) in [4.78, 5) is 0. The second-order valence-corrected chi connectivity index (χ2v) is 4.69. The summed E-state index contributed by atoms with van der Waals surface area (Å²) >= 11 is 0.